The zero-order chi connectivity index (χ0) is 56.0. The number of benzene rings is 5. The summed E-state index contributed by atoms with van der Waals surface area (Å²) in [5.41, 5.74) is -1.57. The first-order valence-corrected chi connectivity index (χ1v) is 33.2. The Morgan fingerprint density at radius 3 is 1.15 bits per heavy atom. The molecular weight excluding hydrogens is 1170 g/mol. The molecule has 426 valence electrons. The van der Waals surface area contributed by atoms with Gasteiger partial charge in [0.2, 0.25) is 0 Å². The van der Waals surface area contributed by atoms with E-state index in [0.717, 1.165) is 70.8 Å². The summed E-state index contributed by atoms with van der Waals surface area (Å²) in [7, 11) is -5.63. The minimum atomic E-state index is -1.51. The fourth-order valence-corrected chi connectivity index (χ4v) is 16.0. The zero-order valence-corrected chi connectivity index (χ0v) is 49.8. The van der Waals surface area contributed by atoms with Gasteiger partial charge in [-0.1, -0.05) is 103 Å². The summed E-state index contributed by atoms with van der Waals surface area (Å²) in [4.78, 5) is 3.03. The topological polar surface area (TPSA) is 132 Å². The number of halogens is 5. The largest absolute Gasteiger partial charge is 0.380 e. The predicted octanol–water partition coefficient (Wildman–Crippen LogP) is 11.0. The molecule has 1 aliphatic carbocycles. The molecule has 5 saturated heterocycles. The lowest BCUT2D eigenvalue weighted by Crippen LogP contribution is -2.51. The van der Waals surface area contributed by atoms with E-state index in [1.807, 2.05) is 97.1 Å². The van der Waals surface area contributed by atoms with Gasteiger partial charge >= 0.3 is 0 Å². The van der Waals surface area contributed by atoms with Crippen LogP contribution in [0, 0.1) is 22.1 Å². The number of alkyl halides is 3. The molecule has 0 amide bonds. The van der Waals surface area contributed by atoms with E-state index >= 15 is 0 Å². The maximum atomic E-state index is 13.5. The van der Waals surface area contributed by atoms with Crippen molar-refractivity contribution < 1.29 is 62.3 Å². The van der Waals surface area contributed by atoms with Crippen molar-refractivity contribution in [2.45, 2.75) is 76.6 Å². The molecule has 10 nitrogen and oxygen atoms in total. The molecule has 0 spiro atoms. The molecule has 0 N–H and O–H groups in total. The molecule has 0 bridgehead atoms. The van der Waals surface area contributed by atoms with Crippen LogP contribution in [0.2, 0.25) is 0 Å². The fourth-order valence-electron chi connectivity index (χ4n) is 8.46. The average Bonchev–Trinajstić information content (AvgIpc) is 3.37. The van der Waals surface area contributed by atoms with Crippen molar-refractivity contribution in [1.29, 1.82) is 0 Å². The van der Waals surface area contributed by atoms with Gasteiger partial charge in [0, 0.05) is 68.4 Å². The second kappa shape index (κ2) is 28.2. The van der Waals surface area contributed by atoms with E-state index in [2.05, 4.69) is 48.8 Å². The normalized spacial score (nSPS) is 21.8. The lowest BCUT2D eigenvalue weighted by atomic mass is 9.84. The average molecular weight is 1240 g/mol. The van der Waals surface area contributed by atoms with Crippen molar-refractivity contribution in [2.24, 2.45) is 16.2 Å². The molecule has 5 aromatic carbocycles. The van der Waals surface area contributed by atoms with Gasteiger partial charge in [-0.2, -0.15) is 0 Å². The Bertz CT molecular complexity index is 2800. The third-order valence-electron chi connectivity index (χ3n) is 13.4. The summed E-state index contributed by atoms with van der Waals surface area (Å²) < 4.78 is 139. The van der Waals surface area contributed by atoms with Crippen molar-refractivity contribution >= 4 is 69.9 Å². The van der Waals surface area contributed by atoms with E-state index < -0.39 is 76.8 Å². The van der Waals surface area contributed by atoms with Crippen LogP contribution in [0.3, 0.4) is 0 Å². The second-order valence-corrected chi connectivity index (χ2v) is 30.2. The van der Waals surface area contributed by atoms with E-state index in [1.54, 1.807) is 0 Å². The highest BCUT2D eigenvalue weighted by Crippen LogP contribution is 2.38. The van der Waals surface area contributed by atoms with Crippen molar-refractivity contribution in [3.8, 4) is 11.1 Å². The molecule has 78 heavy (non-hydrogen) atoms. The third-order valence-corrected chi connectivity index (χ3v) is 22.5. The van der Waals surface area contributed by atoms with Gasteiger partial charge in [0.25, 0.3) is 0 Å². The van der Waals surface area contributed by atoms with Crippen LogP contribution in [0.1, 0.15) is 40.0 Å². The highest BCUT2D eigenvalue weighted by Gasteiger charge is 2.45. The van der Waals surface area contributed by atoms with Gasteiger partial charge in [-0.3, -0.25) is 21.0 Å². The van der Waals surface area contributed by atoms with Gasteiger partial charge < -0.3 is 23.7 Å². The Morgan fingerprint density at radius 1 is 0.410 bits per heavy atom. The Hall–Kier alpha value is -3.15. The molecule has 5 aliphatic heterocycles. The summed E-state index contributed by atoms with van der Waals surface area (Å²) >= 11 is 3.36. The quantitative estimate of drug-likeness (QED) is 0.0829. The minimum Gasteiger partial charge on any atom is -0.380 e. The SMILES string of the molecule is CC1(CS(=O)c2ccc(-c3ccccc3)cc2)COC1.CC1(CS(=O)c2ccc(Br)cc2)COC1.CC1(CS(=O)c2ccccc2)COC1.O=S(CC1(F)CCC1)CC1(F)COC1.O=S(CC1(F)COC1)c1cccc(F)c1. The third kappa shape index (κ3) is 19.0. The van der Waals surface area contributed by atoms with E-state index in [4.69, 9.17) is 23.7 Å². The first-order valence-electron chi connectivity index (χ1n) is 25.6. The van der Waals surface area contributed by atoms with Gasteiger partial charge in [0.15, 0.2) is 11.3 Å². The summed E-state index contributed by atoms with van der Waals surface area (Å²) in [5.74, 6) is 1.41. The predicted molar refractivity (Wildman–Crippen MR) is 306 cm³/mol. The Labute approximate surface area is 477 Å². The van der Waals surface area contributed by atoms with Crippen LogP contribution in [0.15, 0.2) is 158 Å². The molecule has 0 aromatic heterocycles. The number of hydrogen-bond donors (Lipinski definition) is 0. The molecule has 5 heterocycles. The van der Waals surface area contributed by atoms with Crippen LogP contribution in [0.5, 0.6) is 0 Å². The van der Waals surface area contributed by atoms with E-state index in [-0.39, 0.29) is 59.9 Å². The van der Waals surface area contributed by atoms with Gasteiger partial charge in [-0.05, 0) is 97.1 Å². The van der Waals surface area contributed by atoms with Crippen molar-refractivity contribution in [1.82, 2.24) is 0 Å². The summed E-state index contributed by atoms with van der Waals surface area (Å²) in [5, 5.41) is 0. The number of rotatable bonds is 17. The highest BCUT2D eigenvalue weighted by atomic mass is 79.9. The fraction of sp³-hybridized carbons (Fsp3) is 0.483. The van der Waals surface area contributed by atoms with Crippen LogP contribution < -0.4 is 0 Å². The molecule has 5 aromatic rings. The molecule has 0 radical (unpaired) electrons. The Balaban J connectivity index is 0.000000142. The van der Waals surface area contributed by atoms with Crippen LogP contribution in [-0.2, 0) is 77.7 Å². The van der Waals surface area contributed by atoms with Crippen molar-refractivity contribution in [3.05, 3.63) is 144 Å². The molecule has 20 heteroatoms. The van der Waals surface area contributed by atoms with Gasteiger partial charge in [-0.15, -0.1) is 0 Å². The summed E-state index contributed by atoms with van der Waals surface area (Å²) in [6, 6.07) is 41.0. The second-order valence-electron chi connectivity index (χ2n) is 22.0. The van der Waals surface area contributed by atoms with Gasteiger partial charge in [0.05, 0.1) is 127 Å². The van der Waals surface area contributed by atoms with E-state index in [0.29, 0.717) is 35.0 Å². The Kier molecular flexibility index (Phi) is 22.6. The maximum Gasteiger partial charge on any atom is 0.169 e. The number of hydrogen-bond acceptors (Lipinski definition) is 10. The lowest BCUT2D eigenvalue weighted by molar-refractivity contribution is -0.115. The molecule has 1 saturated carbocycles. The van der Waals surface area contributed by atoms with E-state index in [9.17, 15) is 38.6 Å². The molecule has 5 unspecified atom stereocenters. The minimum absolute atomic E-state index is 0.00132. The molecule has 5 atom stereocenters. The summed E-state index contributed by atoms with van der Waals surface area (Å²) in [6.07, 6.45) is 1.82. The lowest BCUT2D eigenvalue weighted by Gasteiger charge is -2.37. The molecular formula is C58H69BrF4O10S5. The molecule has 6 aliphatic rings. The van der Waals surface area contributed by atoms with Crippen molar-refractivity contribution in [2.75, 3.05) is 101 Å². The number of ether oxygens (including phenoxy) is 5. The van der Waals surface area contributed by atoms with Gasteiger partial charge in [0.1, 0.15) is 11.5 Å². The molecule has 11 rings (SSSR count). The first kappa shape index (κ1) is 62.5. The zero-order valence-electron chi connectivity index (χ0n) is 44.2. The van der Waals surface area contributed by atoms with Crippen LogP contribution in [-0.4, -0.2) is 139 Å². The van der Waals surface area contributed by atoms with E-state index in [1.165, 1.54) is 29.8 Å². The van der Waals surface area contributed by atoms with Crippen LogP contribution in [0.4, 0.5) is 17.6 Å². The standard InChI is InChI=1S/C17H18O2S.C11H13BrO2S.C11H14O2S.C10H10F2O2S.C9H14F2O2S/c1-17(11-19-12-17)13-20(18)16-9-7-15(8-10-16)14-5-3-2-4-6-14;1-11(6-14-7-11)8-15(13)10-4-2-9(12)3-5-10;1-11(7-13-8-11)9-14(12)10-5-3-2-4-6-10;11-8-2-1-3-9(4-8)15(13)7-10(12)5-14-6-10;10-8(2-1-3-8)6-14(12)7-9(11)4-13-5-9/h2-10H,11-13H2,1H3;2-5H,6-8H2,1H3;2-6H,7-9H2,1H3;1-4H,5-7H2;1-7H2. The highest BCUT2D eigenvalue weighted by molar-refractivity contribution is 9.10. The monoisotopic (exact) mass is 1240 g/mol. The smallest absolute Gasteiger partial charge is 0.169 e. The molecule has 6 fully saturated rings. The van der Waals surface area contributed by atoms with Gasteiger partial charge in [-0.25, -0.2) is 17.6 Å². The van der Waals surface area contributed by atoms with Crippen LogP contribution in [0.25, 0.3) is 11.1 Å². The summed E-state index contributed by atoms with van der Waals surface area (Å²) in [6.45, 7) is 10.7. The first-order chi connectivity index (χ1) is 37.1. The maximum absolute atomic E-state index is 13.5. The van der Waals surface area contributed by atoms with Crippen LogP contribution >= 0.6 is 15.9 Å². The van der Waals surface area contributed by atoms with Crippen molar-refractivity contribution in [3.63, 3.8) is 0 Å². The Morgan fingerprint density at radius 2 is 0.769 bits per heavy atom.